The zero-order chi connectivity index (χ0) is 14.5. The molecule has 0 aliphatic heterocycles. The van der Waals surface area contributed by atoms with Gasteiger partial charge in [-0.2, -0.15) is 0 Å². The molecule has 0 atom stereocenters. The molecule has 102 valence electrons. The molecular weight excluding hydrogens is 260 g/mol. The van der Waals surface area contributed by atoms with Gasteiger partial charge in [-0.15, -0.1) is 5.10 Å². The maximum atomic E-state index is 11.4. The summed E-state index contributed by atoms with van der Waals surface area (Å²) in [5.74, 6) is -0.766. The summed E-state index contributed by atoms with van der Waals surface area (Å²) in [5, 5.41) is 24.5. The van der Waals surface area contributed by atoms with Gasteiger partial charge in [-0.05, 0) is 12.1 Å². The molecule has 20 heavy (non-hydrogen) atoms. The predicted octanol–water partition coefficient (Wildman–Crippen LogP) is 1.25. The van der Waals surface area contributed by atoms with Crippen LogP contribution in [0.15, 0.2) is 48.5 Å². The molecule has 1 aromatic carbocycles. The molecule has 7 nitrogen and oxygen atoms in total. The molecule has 1 heterocycles. The van der Waals surface area contributed by atoms with Gasteiger partial charge in [-0.3, -0.25) is 5.41 Å². The Morgan fingerprint density at radius 2 is 2.10 bits per heavy atom. The topological polar surface area (TPSA) is 101 Å². The monoisotopic (exact) mass is 272 g/mol. The first-order valence-electron chi connectivity index (χ1n) is 5.66. The average molecular weight is 272 g/mol. The molecule has 0 saturated carbocycles. The zero-order valence-corrected chi connectivity index (χ0v) is 10.6. The fourth-order valence-corrected chi connectivity index (χ4v) is 1.61. The number of hydrogen-bond donors (Lipinski definition) is 2. The number of benzene rings is 1. The third kappa shape index (κ3) is 2.56. The van der Waals surface area contributed by atoms with Crippen molar-refractivity contribution in [3.8, 4) is 5.69 Å². The number of methoxy groups -OCH3 is 1. The minimum atomic E-state index is -0.766. The molecular formula is C13H12N4O3. The molecule has 0 saturated heterocycles. The van der Waals surface area contributed by atoms with Crippen molar-refractivity contribution in [3.05, 3.63) is 54.1 Å². The van der Waals surface area contributed by atoms with Gasteiger partial charge in [0.2, 0.25) is 0 Å². The van der Waals surface area contributed by atoms with Crippen LogP contribution in [0.25, 0.3) is 5.69 Å². The fraction of sp³-hybridized carbons (Fsp3) is 0.0769. The number of carbonyl (C=O) groups excluding carboxylic acids is 1. The van der Waals surface area contributed by atoms with Gasteiger partial charge in [0.05, 0.1) is 37.2 Å². The smallest absolute Gasteiger partial charge is 0.343 e. The Labute approximate surface area is 114 Å². The van der Waals surface area contributed by atoms with Crippen LogP contribution in [0.1, 0.15) is 5.56 Å². The van der Waals surface area contributed by atoms with Gasteiger partial charge in [0.25, 0.3) is 0 Å². The third-order valence-corrected chi connectivity index (χ3v) is 2.65. The Balaban J connectivity index is 2.26. The van der Waals surface area contributed by atoms with Gasteiger partial charge in [0.15, 0.2) is 0 Å². The highest BCUT2D eigenvalue weighted by molar-refractivity contribution is 6.25. The predicted molar refractivity (Wildman–Crippen MR) is 70.9 cm³/mol. The summed E-state index contributed by atoms with van der Waals surface area (Å²) in [6, 6.07) is 6.74. The van der Waals surface area contributed by atoms with E-state index in [2.05, 4.69) is 15.0 Å². The summed E-state index contributed by atoms with van der Waals surface area (Å²) >= 11 is 0. The number of aliphatic hydroxyl groups excluding tert-OH is 1. The SMILES string of the molecule is COC(=O)C(=CO)C(=N)c1ccc(-n2ccnn2)cc1. The number of carbonyl (C=O) groups is 1. The molecule has 0 fully saturated rings. The first kappa shape index (κ1) is 13.5. The largest absolute Gasteiger partial charge is 0.515 e. The van der Waals surface area contributed by atoms with Gasteiger partial charge in [0.1, 0.15) is 5.57 Å². The second kappa shape index (κ2) is 5.79. The van der Waals surface area contributed by atoms with E-state index in [1.54, 1.807) is 41.3 Å². The maximum Gasteiger partial charge on any atom is 0.343 e. The number of nitrogens with zero attached hydrogens (tertiary/aromatic N) is 3. The Morgan fingerprint density at radius 1 is 1.40 bits per heavy atom. The highest BCUT2D eigenvalue weighted by atomic mass is 16.5. The van der Waals surface area contributed by atoms with E-state index in [1.165, 1.54) is 7.11 Å². The van der Waals surface area contributed by atoms with Gasteiger partial charge in [-0.1, -0.05) is 17.3 Å². The molecule has 0 amide bonds. The van der Waals surface area contributed by atoms with Crippen LogP contribution >= 0.6 is 0 Å². The summed E-state index contributed by atoms with van der Waals surface area (Å²) in [7, 11) is 1.19. The van der Waals surface area contributed by atoms with Crippen molar-refractivity contribution in [1.29, 1.82) is 5.41 Å². The van der Waals surface area contributed by atoms with Gasteiger partial charge >= 0.3 is 5.97 Å². The molecule has 0 aliphatic rings. The summed E-state index contributed by atoms with van der Waals surface area (Å²) in [4.78, 5) is 11.4. The second-order valence-corrected chi connectivity index (χ2v) is 3.80. The number of nitrogens with one attached hydrogen (secondary N) is 1. The van der Waals surface area contributed by atoms with Crippen LogP contribution in [0, 0.1) is 5.41 Å². The highest BCUT2D eigenvalue weighted by Crippen LogP contribution is 2.13. The number of ether oxygens (including phenoxy) is 1. The van der Waals surface area contributed by atoms with Crippen molar-refractivity contribution in [3.63, 3.8) is 0 Å². The number of aliphatic hydroxyl groups is 1. The highest BCUT2D eigenvalue weighted by Gasteiger charge is 2.17. The average Bonchev–Trinajstić information content (AvgIpc) is 3.02. The minimum Gasteiger partial charge on any atom is -0.515 e. The van der Waals surface area contributed by atoms with E-state index in [4.69, 9.17) is 10.5 Å². The van der Waals surface area contributed by atoms with Crippen LogP contribution in [-0.4, -0.2) is 38.9 Å². The lowest BCUT2D eigenvalue weighted by Gasteiger charge is -2.07. The molecule has 2 aromatic rings. The molecule has 0 radical (unpaired) electrons. The quantitative estimate of drug-likeness (QED) is 0.377. The molecule has 0 unspecified atom stereocenters. The Bertz CT molecular complexity index is 645. The normalized spacial score (nSPS) is 11.2. The summed E-state index contributed by atoms with van der Waals surface area (Å²) in [6.45, 7) is 0. The van der Waals surface area contributed by atoms with E-state index in [-0.39, 0.29) is 11.3 Å². The molecule has 0 aliphatic carbocycles. The fourth-order valence-electron chi connectivity index (χ4n) is 1.61. The van der Waals surface area contributed by atoms with Crippen molar-refractivity contribution >= 4 is 11.7 Å². The first-order valence-corrected chi connectivity index (χ1v) is 5.66. The van der Waals surface area contributed by atoms with Crippen molar-refractivity contribution < 1.29 is 14.6 Å². The van der Waals surface area contributed by atoms with Crippen molar-refractivity contribution in [1.82, 2.24) is 15.0 Å². The van der Waals surface area contributed by atoms with Crippen LogP contribution in [-0.2, 0) is 9.53 Å². The zero-order valence-electron chi connectivity index (χ0n) is 10.6. The van der Waals surface area contributed by atoms with Gasteiger partial charge < -0.3 is 9.84 Å². The lowest BCUT2D eigenvalue weighted by Crippen LogP contribution is -2.15. The molecule has 0 spiro atoms. The first-order chi connectivity index (χ1) is 9.67. The summed E-state index contributed by atoms with van der Waals surface area (Å²) in [5.41, 5.74) is 0.914. The molecule has 2 rings (SSSR count). The lowest BCUT2D eigenvalue weighted by atomic mass is 10.0. The van der Waals surface area contributed by atoms with Crippen molar-refractivity contribution in [2.24, 2.45) is 0 Å². The number of aromatic nitrogens is 3. The van der Waals surface area contributed by atoms with Crippen LogP contribution in [0.3, 0.4) is 0 Å². The Kier molecular flexibility index (Phi) is 3.90. The van der Waals surface area contributed by atoms with E-state index in [0.717, 1.165) is 5.69 Å². The van der Waals surface area contributed by atoms with Gasteiger partial charge in [0, 0.05) is 5.56 Å². The molecule has 2 N–H and O–H groups in total. The van der Waals surface area contributed by atoms with E-state index in [0.29, 0.717) is 11.8 Å². The Hall–Kier alpha value is -2.96. The van der Waals surface area contributed by atoms with Gasteiger partial charge in [-0.25, -0.2) is 9.48 Å². The van der Waals surface area contributed by atoms with Crippen LogP contribution < -0.4 is 0 Å². The number of esters is 1. The summed E-state index contributed by atoms with van der Waals surface area (Å²) < 4.78 is 6.06. The number of rotatable bonds is 4. The van der Waals surface area contributed by atoms with E-state index >= 15 is 0 Å². The standard InChI is InChI=1S/C13H12N4O3/c1-20-13(19)11(8-18)12(14)9-2-4-10(5-3-9)17-7-6-15-16-17/h2-8,14,18H,1H3. The maximum absolute atomic E-state index is 11.4. The molecule has 1 aromatic heterocycles. The number of hydrogen-bond acceptors (Lipinski definition) is 6. The molecule has 0 bridgehead atoms. The van der Waals surface area contributed by atoms with Crippen molar-refractivity contribution in [2.45, 2.75) is 0 Å². The van der Waals surface area contributed by atoms with Crippen LogP contribution in [0.4, 0.5) is 0 Å². The Morgan fingerprint density at radius 3 is 2.60 bits per heavy atom. The third-order valence-electron chi connectivity index (χ3n) is 2.65. The van der Waals surface area contributed by atoms with Crippen LogP contribution in [0.5, 0.6) is 0 Å². The van der Waals surface area contributed by atoms with E-state index < -0.39 is 5.97 Å². The van der Waals surface area contributed by atoms with Crippen molar-refractivity contribution in [2.75, 3.05) is 7.11 Å². The summed E-state index contributed by atoms with van der Waals surface area (Å²) in [6.07, 6.45) is 3.81. The second-order valence-electron chi connectivity index (χ2n) is 3.80. The lowest BCUT2D eigenvalue weighted by molar-refractivity contribution is -0.135. The molecule has 7 heteroatoms. The minimum absolute atomic E-state index is 0.121. The van der Waals surface area contributed by atoms with E-state index in [1.807, 2.05) is 0 Å². The van der Waals surface area contributed by atoms with E-state index in [9.17, 15) is 4.79 Å². The van der Waals surface area contributed by atoms with Crippen LogP contribution in [0.2, 0.25) is 0 Å².